The summed E-state index contributed by atoms with van der Waals surface area (Å²) in [6.07, 6.45) is -6.36. The van der Waals surface area contributed by atoms with E-state index in [1.807, 2.05) is 0 Å². The molecule has 10 heteroatoms. The van der Waals surface area contributed by atoms with E-state index in [0.29, 0.717) is 10.6 Å². The third-order valence-electron chi connectivity index (χ3n) is 4.56. The molecule has 1 aliphatic heterocycles. The summed E-state index contributed by atoms with van der Waals surface area (Å²) in [5.41, 5.74) is 4.27. The van der Waals surface area contributed by atoms with Gasteiger partial charge in [-0.25, -0.2) is 9.38 Å². The van der Waals surface area contributed by atoms with Gasteiger partial charge >= 0.3 is 6.18 Å². The van der Waals surface area contributed by atoms with Gasteiger partial charge in [-0.05, 0) is 36.8 Å². The minimum Gasteiger partial charge on any atom is -0.452 e. The molecule has 2 heterocycles. The number of Topliss-reactive ketones (excluding diaryl/α,β-unsaturated/α-hetero) is 1. The number of aliphatic imine (C=N–C) groups is 1. The predicted octanol–water partition coefficient (Wildman–Crippen LogP) is 4.18. The maximum atomic E-state index is 14.5. The van der Waals surface area contributed by atoms with Crippen LogP contribution in [0.5, 0.6) is 0 Å². The molecule has 0 aliphatic carbocycles. The first-order chi connectivity index (χ1) is 13.5. The fourth-order valence-corrected chi connectivity index (χ4v) is 3.24. The molecule has 0 fully saturated rings. The molecule has 0 bridgehead atoms. The number of ketones is 1. The molecule has 0 saturated heterocycles. The summed E-state index contributed by atoms with van der Waals surface area (Å²) in [7, 11) is 0. The quantitative estimate of drug-likeness (QED) is 0.584. The molecule has 2 atom stereocenters. The first kappa shape index (κ1) is 21.0. The van der Waals surface area contributed by atoms with E-state index in [1.54, 1.807) is 0 Å². The molecule has 154 valence electrons. The number of halogens is 5. The minimum absolute atomic E-state index is 0.104. The number of nitrogens with two attached hydrogens (primary N) is 1. The molecule has 5 nitrogen and oxygen atoms in total. The summed E-state index contributed by atoms with van der Waals surface area (Å²) < 4.78 is 58.5. The molecule has 0 amide bonds. The van der Waals surface area contributed by atoms with Gasteiger partial charge in [0, 0.05) is 24.6 Å². The SMILES string of the molecule is C[C@@]1(c2cc(CC(=O)c3ccc(Cl)cn3)ccc2F)C[C@H](C(F)(F)F)OC(N)=N1. The summed E-state index contributed by atoms with van der Waals surface area (Å²) in [5.74, 6) is -1.11. The number of pyridine rings is 1. The zero-order chi connectivity index (χ0) is 21.4. The van der Waals surface area contributed by atoms with E-state index in [9.17, 15) is 22.4 Å². The first-order valence-electron chi connectivity index (χ1n) is 8.50. The van der Waals surface area contributed by atoms with Crippen molar-refractivity contribution in [2.24, 2.45) is 10.7 Å². The van der Waals surface area contributed by atoms with E-state index in [1.165, 1.54) is 37.4 Å². The molecular formula is C19H16ClF4N3O2. The number of hydrogen-bond acceptors (Lipinski definition) is 5. The van der Waals surface area contributed by atoms with Crippen molar-refractivity contribution in [1.82, 2.24) is 4.98 Å². The molecule has 2 aromatic rings. The van der Waals surface area contributed by atoms with Gasteiger partial charge < -0.3 is 10.5 Å². The lowest BCUT2D eigenvalue weighted by Gasteiger charge is -2.36. The Morgan fingerprint density at radius 1 is 1.34 bits per heavy atom. The molecule has 1 aliphatic rings. The van der Waals surface area contributed by atoms with Crippen LogP contribution in [0, 0.1) is 5.82 Å². The lowest BCUT2D eigenvalue weighted by Crippen LogP contribution is -2.46. The van der Waals surface area contributed by atoms with Crippen LogP contribution in [0.2, 0.25) is 5.02 Å². The molecule has 0 saturated carbocycles. The van der Waals surface area contributed by atoms with Crippen LogP contribution in [0.1, 0.15) is 35.0 Å². The van der Waals surface area contributed by atoms with Gasteiger partial charge in [0.15, 0.2) is 11.9 Å². The molecule has 0 radical (unpaired) electrons. The van der Waals surface area contributed by atoms with Crippen molar-refractivity contribution >= 4 is 23.4 Å². The second-order valence-electron chi connectivity index (χ2n) is 6.85. The van der Waals surface area contributed by atoms with E-state index < -0.39 is 36.1 Å². The Balaban J connectivity index is 1.91. The second kappa shape index (κ2) is 7.62. The maximum absolute atomic E-state index is 14.5. The molecule has 1 aromatic heterocycles. The number of aromatic nitrogens is 1. The van der Waals surface area contributed by atoms with E-state index >= 15 is 0 Å². The highest BCUT2D eigenvalue weighted by Crippen LogP contribution is 2.41. The third-order valence-corrected chi connectivity index (χ3v) is 4.78. The Morgan fingerprint density at radius 3 is 2.69 bits per heavy atom. The molecule has 1 aromatic carbocycles. The Labute approximate surface area is 168 Å². The Hall–Kier alpha value is -2.68. The summed E-state index contributed by atoms with van der Waals surface area (Å²) in [6, 6.07) is 6.07. The Morgan fingerprint density at radius 2 is 2.07 bits per heavy atom. The number of carbonyl (C=O) groups excluding carboxylic acids is 1. The number of ether oxygens (including phenoxy) is 1. The first-order valence-corrected chi connectivity index (χ1v) is 8.88. The van der Waals surface area contributed by atoms with Crippen molar-refractivity contribution in [3.8, 4) is 0 Å². The van der Waals surface area contributed by atoms with E-state index in [0.717, 1.165) is 6.07 Å². The summed E-state index contributed by atoms with van der Waals surface area (Å²) in [4.78, 5) is 20.2. The number of hydrogen-bond donors (Lipinski definition) is 1. The number of rotatable bonds is 4. The maximum Gasteiger partial charge on any atom is 0.425 e. The van der Waals surface area contributed by atoms with Gasteiger partial charge in [0.1, 0.15) is 11.5 Å². The zero-order valence-corrected chi connectivity index (χ0v) is 15.9. The van der Waals surface area contributed by atoms with Crippen molar-refractivity contribution in [2.45, 2.75) is 37.6 Å². The van der Waals surface area contributed by atoms with Crippen LogP contribution in [-0.2, 0) is 16.7 Å². The lowest BCUT2D eigenvalue weighted by atomic mass is 9.84. The molecule has 0 spiro atoms. The van der Waals surface area contributed by atoms with Gasteiger partial charge in [-0.1, -0.05) is 17.7 Å². The van der Waals surface area contributed by atoms with Gasteiger partial charge in [0.2, 0.25) is 0 Å². The standard InChI is InChI=1S/C19H16ClF4N3O2/c1-18(8-16(19(22,23)24)29-17(25)27-18)12-6-10(2-4-13(12)21)7-15(28)14-5-3-11(20)9-26-14/h2-6,9,16H,7-8H2,1H3,(H2,25,27)/t16-,18+/m1/s1. The number of alkyl halides is 3. The molecule has 3 rings (SSSR count). The van der Waals surface area contributed by atoms with Crippen molar-refractivity contribution in [2.75, 3.05) is 0 Å². The highest BCUT2D eigenvalue weighted by Gasteiger charge is 2.50. The van der Waals surface area contributed by atoms with Gasteiger partial charge in [0.25, 0.3) is 6.02 Å². The highest BCUT2D eigenvalue weighted by atomic mass is 35.5. The van der Waals surface area contributed by atoms with Crippen molar-refractivity contribution in [3.63, 3.8) is 0 Å². The highest BCUT2D eigenvalue weighted by molar-refractivity contribution is 6.30. The number of nitrogens with zero attached hydrogens (tertiary/aromatic N) is 2. The second-order valence-corrected chi connectivity index (χ2v) is 7.29. The predicted molar refractivity (Wildman–Crippen MR) is 98.2 cm³/mol. The Kier molecular flexibility index (Phi) is 5.53. The van der Waals surface area contributed by atoms with Crippen LogP contribution in [-0.4, -0.2) is 29.1 Å². The average molecular weight is 430 g/mol. The van der Waals surface area contributed by atoms with Crippen LogP contribution < -0.4 is 5.73 Å². The van der Waals surface area contributed by atoms with E-state index in [-0.39, 0.29) is 23.5 Å². The van der Waals surface area contributed by atoms with Crippen LogP contribution in [0.15, 0.2) is 41.5 Å². The third kappa shape index (κ3) is 4.67. The van der Waals surface area contributed by atoms with Gasteiger partial charge in [-0.3, -0.25) is 9.78 Å². The van der Waals surface area contributed by atoms with E-state index in [2.05, 4.69) is 14.7 Å². The summed E-state index contributed by atoms with van der Waals surface area (Å²) >= 11 is 5.74. The molecule has 2 N–H and O–H groups in total. The van der Waals surface area contributed by atoms with Crippen LogP contribution in [0.3, 0.4) is 0 Å². The monoisotopic (exact) mass is 429 g/mol. The van der Waals surface area contributed by atoms with Crippen molar-refractivity contribution < 1.29 is 27.1 Å². The fraction of sp³-hybridized carbons (Fsp3) is 0.316. The van der Waals surface area contributed by atoms with Gasteiger partial charge in [-0.15, -0.1) is 0 Å². The zero-order valence-electron chi connectivity index (χ0n) is 15.1. The lowest BCUT2D eigenvalue weighted by molar-refractivity contribution is -0.208. The van der Waals surface area contributed by atoms with Crippen molar-refractivity contribution in [1.29, 1.82) is 0 Å². The summed E-state index contributed by atoms with van der Waals surface area (Å²) in [5, 5.41) is 0.368. The number of carbonyl (C=O) groups is 1. The minimum atomic E-state index is -4.69. The average Bonchev–Trinajstić information content (AvgIpc) is 2.62. The molecular weight excluding hydrogens is 414 g/mol. The van der Waals surface area contributed by atoms with Crippen molar-refractivity contribution in [3.05, 3.63) is 64.2 Å². The number of amidine groups is 1. The molecule has 0 unspecified atom stereocenters. The normalized spacial score (nSPS) is 22.0. The Bertz CT molecular complexity index is 963. The van der Waals surface area contributed by atoms with E-state index in [4.69, 9.17) is 17.3 Å². The number of benzene rings is 1. The largest absolute Gasteiger partial charge is 0.452 e. The summed E-state index contributed by atoms with van der Waals surface area (Å²) in [6.45, 7) is 1.34. The van der Waals surface area contributed by atoms with Crippen LogP contribution in [0.25, 0.3) is 0 Å². The molecule has 29 heavy (non-hydrogen) atoms. The van der Waals surface area contributed by atoms with Gasteiger partial charge in [-0.2, -0.15) is 13.2 Å². The van der Waals surface area contributed by atoms with Crippen LogP contribution >= 0.6 is 11.6 Å². The topological polar surface area (TPSA) is 77.6 Å². The smallest absolute Gasteiger partial charge is 0.425 e. The fourth-order valence-electron chi connectivity index (χ4n) is 3.13. The van der Waals surface area contributed by atoms with Crippen LogP contribution in [0.4, 0.5) is 17.6 Å². The van der Waals surface area contributed by atoms with Gasteiger partial charge in [0.05, 0.1) is 10.6 Å².